The smallest absolute Gasteiger partial charge is 0.323 e. The molecule has 1 aliphatic rings. The van der Waals surface area contributed by atoms with Crippen LogP contribution in [0, 0.1) is 12.7 Å². The first-order valence-corrected chi connectivity index (χ1v) is 8.31. The van der Waals surface area contributed by atoms with Gasteiger partial charge in [-0.2, -0.15) is 0 Å². The Morgan fingerprint density at radius 1 is 1.23 bits per heavy atom. The maximum absolute atomic E-state index is 13.2. The Kier molecular flexibility index (Phi) is 5.18. The largest absolute Gasteiger partial charge is 0.356 e. The van der Waals surface area contributed by atoms with Gasteiger partial charge >= 0.3 is 5.96 Å². The molecule has 2 aromatic carbocycles. The summed E-state index contributed by atoms with van der Waals surface area (Å²) in [6.45, 7) is 1.97. The summed E-state index contributed by atoms with van der Waals surface area (Å²) in [7, 11) is 0. The molecule has 0 unspecified atom stereocenters. The highest BCUT2D eigenvalue weighted by Crippen LogP contribution is 2.19. The molecular weight excluding hydrogens is 359 g/mol. The molecular formula is C18H17ClFN4O2+. The monoisotopic (exact) mass is 375 g/mol. The standard InChI is InChI=1S/C18H16ClFN4O2/c1-10-2-4-11(5-3-10)22-18-23-15(9-16(25)24-18)17(26)21-12-6-7-14(20)13(19)8-12/h2-8,15H,9H2,1H3,(H,21,26)(H2,22,23,24,25)/p+1/t15-/m1/s1. The van der Waals surface area contributed by atoms with Crippen molar-refractivity contribution in [2.45, 2.75) is 19.4 Å². The van der Waals surface area contributed by atoms with Crippen LogP contribution in [0.4, 0.5) is 15.8 Å². The van der Waals surface area contributed by atoms with Crippen LogP contribution in [-0.4, -0.2) is 23.8 Å². The zero-order valence-corrected chi connectivity index (χ0v) is 14.7. The van der Waals surface area contributed by atoms with E-state index in [9.17, 15) is 14.0 Å². The fourth-order valence-corrected chi connectivity index (χ4v) is 2.63. The Morgan fingerprint density at radius 3 is 2.62 bits per heavy atom. The van der Waals surface area contributed by atoms with Crippen LogP contribution in [0.5, 0.6) is 0 Å². The lowest BCUT2D eigenvalue weighted by Gasteiger charge is -2.17. The lowest BCUT2D eigenvalue weighted by atomic mass is 10.1. The van der Waals surface area contributed by atoms with E-state index in [2.05, 4.69) is 20.9 Å². The van der Waals surface area contributed by atoms with Crippen molar-refractivity contribution < 1.29 is 19.0 Å². The number of hydrogen-bond acceptors (Lipinski definition) is 3. The summed E-state index contributed by atoms with van der Waals surface area (Å²) in [6, 6.07) is 10.7. The average Bonchev–Trinajstić information content (AvgIpc) is 2.60. The van der Waals surface area contributed by atoms with Crippen LogP contribution < -0.4 is 20.9 Å². The molecule has 1 atom stereocenters. The number of anilines is 2. The summed E-state index contributed by atoms with van der Waals surface area (Å²) in [5.74, 6) is -0.971. The Hall–Kier alpha value is -2.93. The van der Waals surface area contributed by atoms with Crippen molar-refractivity contribution in [3.63, 3.8) is 0 Å². The summed E-state index contributed by atoms with van der Waals surface area (Å²) in [5, 5.41) is 8.20. The van der Waals surface area contributed by atoms with Gasteiger partial charge in [-0.3, -0.25) is 14.6 Å². The van der Waals surface area contributed by atoms with E-state index in [0.29, 0.717) is 11.6 Å². The highest BCUT2D eigenvalue weighted by molar-refractivity contribution is 6.31. The van der Waals surface area contributed by atoms with Gasteiger partial charge in [-0.25, -0.2) is 15.0 Å². The van der Waals surface area contributed by atoms with E-state index in [-0.39, 0.29) is 17.4 Å². The third-order valence-corrected chi connectivity index (χ3v) is 4.09. The number of aryl methyl sites for hydroxylation is 1. The Balaban J connectivity index is 1.73. The van der Waals surface area contributed by atoms with E-state index < -0.39 is 17.8 Å². The average molecular weight is 376 g/mol. The number of carbonyl (C=O) groups excluding carboxylic acids is 2. The van der Waals surface area contributed by atoms with E-state index in [0.717, 1.165) is 17.3 Å². The summed E-state index contributed by atoms with van der Waals surface area (Å²) in [6.07, 6.45) is -0.0279. The van der Waals surface area contributed by atoms with Gasteiger partial charge in [0.25, 0.3) is 11.8 Å². The summed E-state index contributed by atoms with van der Waals surface area (Å²) in [5.41, 5.74) is 2.23. The highest BCUT2D eigenvalue weighted by atomic mass is 35.5. The molecule has 0 bridgehead atoms. The molecule has 2 aromatic rings. The van der Waals surface area contributed by atoms with E-state index >= 15 is 0 Å². The SMILES string of the molecule is Cc1ccc(NC2=[NH+][C@@H](C(=O)Nc3ccc(F)c(Cl)c3)CC(=O)N2)cc1. The van der Waals surface area contributed by atoms with Gasteiger partial charge in [0.1, 0.15) is 5.82 Å². The number of nitrogens with one attached hydrogen (secondary N) is 4. The summed E-state index contributed by atoms with van der Waals surface area (Å²) in [4.78, 5) is 27.3. The van der Waals surface area contributed by atoms with Crippen LogP contribution in [0.3, 0.4) is 0 Å². The van der Waals surface area contributed by atoms with Crippen molar-refractivity contribution in [1.29, 1.82) is 0 Å². The van der Waals surface area contributed by atoms with Gasteiger partial charge < -0.3 is 5.32 Å². The van der Waals surface area contributed by atoms with Crippen LogP contribution in [0.15, 0.2) is 42.5 Å². The second-order valence-electron chi connectivity index (χ2n) is 5.93. The minimum Gasteiger partial charge on any atom is -0.323 e. The predicted octanol–water partition coefficient (Wildman–Crippen LogP) is 1.16. The van der Waals surface area contributed by atoms with Crippen molar-refractivity contribution >= 4 is 40.7 Å². The first-order chi connectivity index (χ1) is 12.4. The third kappa shape index (κ3) is 4.37. The Bertz CT molecular complexity index is 883. The Morgan fingerprint density at radius 2 is 1.92 bits per heavy atom. The molecule has 8 heteroatoms. The maximum atomic E-state index is 13.2. The van der Waals surface area contributed by atoms with Gasteiger partial charge in [-0.15, -0.1) is 0 Å². The van der Waals surface area contributed by atoms with Gasteiger partial charge in [0.05, 0.1) is 17.1 Å². The quantitative estimate of drug-likeness (QED) is 0.649. The lowest BCUT2D eigenvalue weighted by molar-refractivity contribution is -0.490. The molecule has 0 saturated heterocycles. The van der Waals surface area contributed by atoms with Gasteiger partial charge in [0.2, 0.25) is 0 Å². The second-order valence-corrected chi connectivity index (χ2v) is 6.34. The molecule has 0 aromatic heterocycles. The number of rotatable bonds is 3. The minimum atomic E-state index is -0.777. The van der Waals surface area contributed by atoms with Gasteiger partial charge in [-0.05, 0) is 37.3 Å². The van der Waals surface area contributed by atoms with E-state index in [4.69, 9.17) is 11.6 Å². The fraction of sp³-hybridized carbons (Fsp3) is 0.167. The third-order valence-electron chi connectivity index (χ3n) is 3.80. The number of hydrogen-bond donors (Lipinski definition) is 4. The lowest BCUT2D eigenvalue weighted by Crippen LogP contribution is -2.89. The van der Waals surface area contributed by atoms with Crippen LogP contribution in [0.25, 0.3) is 0 Å². The van der Waals surface area contributed by atoms with E-state index in [1.807, 2.05) is 31.2 Å². The number of halogens is 2. The first-order valence-electron chi connectivity index (χ1n) is 7.93. The minimum absolute atomic E-state index is 0.0279. The van der Waals surface area contributed by atoms with Crippen LogP contribution >= 0.6 is 11.6 Å². The zero-order valence-electron chi connectivity index (χ0n) is 13.9. The molecule has 1 aliphatic heterocycles. The molecule has 26 heavy (non-hydrogen) atoms. The molecule has 134 valence electrons. The molecule has 0 fully saturated rings. The molecule has 1 heterocycles. The van der Waals surface area contributed by atoms with Crippen molar-refractivity contribution in [1.82, 2.24) is 5.32 Å². The second kappa shape index (κ2) is 7.53. The number of carbonyl (C=O) groups is 2. The van der Waals surface area contributed by atoms with Crippen molar-refractivity contribution in [2.24, 2.45) is 0 Å². The van der Waals surface area contributed by atoms with Crippen molar-refractivity contribution in [3.05, 3.63) is 58.9 Å². The van der Waals surface area contributed by atoms with E-state index in [1.165, 1.54) is 12.1 Å². The van der Waals surface area contributed by atoms with E-state index in [1.54, 1.807) is 0 Å². The highest BCUT2D eigenvalue weighted by Gasteiger charge is 2.31. The van der Waals surface area contributed by atoms with Crippen LogP contribution in [-0.2, 0) is 9.59 Å². The molecule has 6 nitrogen and oxygen atoms in total. The molecule has 0 saturated carbocycles. The molecule has 4 N–H and O–H groups in total. The first kappa shape index (κ1) is 17.9. The van der Waals surface area contributed by atoms with Crippen molar-refractivity contribution in [2.75, 3.05) is 10.6 Å². The number of amides is 2. The number of guanidine groups is 1. The topological polar surface area (TPSA) is 84.2 Å². The molecule has 0 radical (unpaired) electrons. The zero-order chi connectivity index (χ0) is 18.7. The molecule has 3 rings (SSSR count). The molecule has 2 amide bonds. The van der Waals surface area contributed by atoms with Gasteiger partial charge in [0, 0.05) is 5.69 Å². The molecule has 0 aliphatic carbocycles. The van der Waals surface area contributed by atoms with Crippen LogP contribution in [0.1, 0.15) is 12.0 Å². The van der Waals surface area contributed by atoms with Crippen molar-refractivity contribution in [3.8, 4) is 0 Å². The van der Waals surface area contributed by atoms with Crippen LogP contribution in [0.2, 0.25) is 5.02 Å². The summed E-state index contributed by atoms with van der Waals surface area (Å²) >= 11 is 5.71. The fourth-order valence-electron chi connectivity index (χ4n) is 2.45. The van der Waals surface area contributed by atoms with Gasteiger partial charge in [0.15, 0.2) is 6.04 Å². The maximum Gasteiger partial charge on any atom is 0.356 e. The molecule has 0 spiro atoms. The Labute approximate surface area is 154 Å². The predicted molar refractivity (Wildman–Crippen MR) is 97.4 cm³/mol. The summed E-state index contributed by atoms with van der Waals surface area (Å²) < 4.78 is 13.2. The normalized spacial score (nSPS) is 16.5. The van der Waals surface area contributed by atoms with Gasteiger partial charge in [-0.1, -0.05) is 29.3 Å². The number of benzene rings is 2.